The summed E-state index contributed by atoms with van der Waals surface area (Å²) < 4.78 is 0. The van der Waals surface area contributed by atoms with Crippen LogP contribution in [0.2, 0.25) is 0 Å². The number of nitrogens with one attached hydrogen (secondary N) is 1. The molecule has 3 N–H and O–H groups in total. The third-order valence-electron chi connectivity index (χ3n) is 3.01. The minimum atomic E-state index is -0.623. The van der Waals surface area contributed by atoms with Crippen LogP contribution in [0.5, 0.6) is 0 Å². The molecule has 86 valence electrons. The van der Waals surface area contributed by atoms with E-state index < -0.39 is 5.60 Å². The van der Waals surface area contributed by atoms with Crippen LogP contribution in [-0.2, 0) is 0 Å². The molecule has 0 bridgehead atoms. The van der Waals surface area contributed by atoms with Gasteiger partial charge in [0.05, 0.1) is 12.2 Å². The van der Waals surface area contributed by atoms with Gasteiger partial charge in [0.1, 0.15) is 0 Å². The summed E-state index contributed by atoms with van der Waals surface area (Å²) in [5.41, 5.74) is -0.623. The zero-order valence-electron chi connectivity index (χ0n) is 9.88. The van der Waals surface area contributed by atoms with Gasteiger partial charge in [0.15, 0.2) is 0 Å². The molecule has 0 radical (unpaired) electrons. The second kappa shape index (κ2) is 6.38. The largest absolute Gasteiger partial charge is 0.395 e. The summed E-state index contributed by atoms with van der Waals surface area (Å²) >= 11 is 0. The predicted octanol–water partition coefficient (Wildman–Crippen LogP) is 1.14. The average Bonchev–Trinajstić information content (AvgIpc) is 2.18. The second-order valence-corrected chi connectivity index (χ2v) is 4.35. The molecule has 0 unspecified atom stereocenters. The first-order chi connectivity index (χ1) is 6.49. The Bertz CT molecular complexity index is 144. The maximum Gasteiger partial charge on any atom is 0.0766 e. The highest BCUT2D eigenvalue weighted by Crippen LogP contribution is 2.14. The lowest BCUT2D eigenvalue weighted by molar-refractivity contribution is 0.0256. The molecule has 0 aromatic heterocycles. The van der Waals surface area contributed by atoms with E-state index in [9.17, 15) is 5.11 Å². The van der Waals surface area contributed by atoms with Crippen molar-refractivity contribution in [2.45, 2.75) is 52.2 Å². The van der Waals surface area contributed by atoms with E-state index in [1.54, 1.807) is 0 Å². The zero-order valence-corrected chi connectivity index (χ0v) is 9.88. The summed E-state index contributed by atoms with van der Waals surface area (Å²) in [6.07, 6.45) is 1.49. The van der Waals surface area contributed by atoms with Gasteiger partial charge in [0.2, 0.25) is 0 Å². The molecule has 0 aromatic carbocycles. The Labute approximate surface area is 87.5 Å². The van der Waals surface area contributed by atoms with Crippen LogP contribution in [0, 0.1) is 5.92 Å². The van der Waals surface area contributed by atoms with E-state index in [1.807, 2.05) is 13.8 Å². The molecule has 1 atom stereocenters. The maximum atomic E-state index is 10.0. The highest BCUT2D eigenvalue weighted by molar-refractivity contribution is 4.81. The van der Waals surface area contributed by atoms with Crippen molar-refractivity contribution in [1.29, 1.82) is 0 Å². The zero-order chi connectivity index (χ0) is 11.2. The molecule has 3 nitrogen and oxygen atoms in total. The molecule has 0 amide bonds. The molecule has 0 fully saturated rings. The first-order valence-electron chi connectivity index (χ1n) is 5.55. The molecule has 0 rings (SSSR count). The van der Waals surface area contributed by atoms with Crippen LogP contribution in [0.4, 0.5) is 0 Å². The van der Waals surface area contributed by atoms with Gasteiger partial charge in [-0.25, -0.2) is 0 Å². The fourth-order valence-corrected chi connectivity index (χ4v) is 1.33. The van der Waals surface area contributed by atoms with E-state index in [-0.39, 0.29) is 12.6 Å². The fraction of sp³-hybridized carbons (Fsp3) is 1.00. The Balaban J connectivity index is 4.00. The average molecular weight is 203 g/mol. The second-order valence-electron chi connectivity index (χ2n) is 4.35. The monoisotopic (exact) mass is 203 g/mol. The Morgan fingerprint density at radius 2 is 1.71 bits per heavy atom. The van der Waals surface area contributed by atoms with Crippen molar-refractivity contribution in [3.63, 3.8) is 0 Å². The van der Waals surface area contributed by atoms with Crippen LogP contribution < -0.4 is 5.32 Å². The van der Waals surface area contributed by atoms with E-state index in [1.165, 1.54) is 0 Å². The molecule has 14 heavy (non-hydrogen) atoms. The van der Waals surface area contributed by atoms with Crippen molar-refractivity contribution >= 4 is 0 Å². The van der Waals surface area contributed by atoms with E-state index in [4.69, 9.17) is 5.11 Å². The van der Waals surface area contributed by atoms with Crippen LogP contribution >= 0.6 is 0 Å². The third-order valence-corrected chi connectivity index (χ3v) is 3.01. The number of aliphatic hydroxyl groups is 2. The topological polar surface area (TPSA) is 52.5 Å². The summed E-state index contributed by atoms with van der Waals surface area (Å²) in [5, 5.41) is 22.3. The lowest BCUT2D eigenvalue weighted by Gasteiger charge is -2.29. The lowest BCUT2D eigenvalue weighted by atomic mass is 9.96. The van der Waals surface area contributed by atoms with Gasteiger partial charge in [-0.15, -0.1) is 0 Å². The molecule has 0 spiro atoms. The predicted molar refractivity (Wildman–Crippen MR) is 59.2 cm³/mol. The van der Waals surface area contributed by atoms with Crippen LogP contribution in [-0.4, -0.2) is 35.0 Å². The Morgan fingerprint density at radius 3 is 2.00 bits per heavy atom. The van der Waals surface area contributed by atoms with Gasteiger partial charge in [0, 0.05) is 12.6 Å². The van der Waals surface area contributed by atoms with Crippen molar-refractivity contribution in [3.8, 4) is 0 Å². The number of rotatable bonds is 7. The van der Waals surface area contributed by atoms with E-state index in [0.29, 0.717) is 12.5 Å². The van der Waals surface area contributed by atoms with Gasteiger partial charge in [-0.1, -0.05) is 27.7 Å². The smallest absolute Gasteiger partial charge is 0.0766 e. The van der Waals surface area contributed by atoms with E-state index in [2.05, 4.69) is 19.2 Å². The summed E-state index contributed by atoms with van der Waals surface area (Å²) in [4.78, 5) is 0. The quantitative estimate of drug-likeness (QED) is 0.581. The van der Waals surface area contributed by atoms with Crippen molar-refractivity contribution in [2.24, 2.45) is 5.92 Å². The number of hydrogen-bond donors (Lipinski definition) is 3. The van der Waals surface area contributed by atoms with E-state index >= 15 is 0 Å². The van der Waals surface area contributed by atoms with Crippen molar-refractivity contribution in [2.75, 3.05) is 13.2 Å². The van der Waals surface area contributed by atoms with Gasteiger partial charge in [-0.3, -0.25) is 0 Å². The molecule has 0 aliphatic heterocycles. The number of hydrogen-bond acceptors (Lipinski definition) is 3. The van der Waals surface area contributed by atoms with Crippen molar-refractivity contribution in [3.05, 3.63) is 0 Å². The summed E-state index contributed by atoms with van der Waals surface area (Å²) in [6, 6.07) is 0.0830. The standard InChI is InChI=1S/C11H25NO2/c1-5-11(14,6-2)8-12-10(7-13)9(3)4/h9-10,12-14H,5-8H2,1-4H3/t10-/m1/s1. The molecule has 3 heteroatoms. The molecular formula is C11H25NO2. The minimum Gasteiger partial charge on any atom is -0.395 e. The SMILES string of the molecule is CCC(O)(CC)CN[C@H](CO)C(C)C. The van der Waals surface area contributed by atoms with Gasteiger partial charge < -0.3 is 15.5 Å². The summed E-state index contributed by atoms with van der Waals surface area (Å²) in [5.74, 6) is 0.387. The molecular weight excluding hydrogens is 178 g/mol. The minimum absolute atomic E-state index is 0.0830. The van der Waals surface area contributed by atoms with Gasteiger partial charge in [0.25, 0.3) is 0 Å². The highest BCUT2D eigenvalue weighted by atomic mass is 16.3. The molecule has 0 aliphatic rings. The first kappa shape index (κ1) is 13.9. The van der Waals surface area contributed by atoms with Crippen LogP contribution in [0.3, 0.4) is 0 Å². The van der Waals surface area contributed by atoms with Crippen LogP contribution in [0.1, 0.15) is 40.5 Å². The van der Waals surface area contributed by atoms with Crippen LogP contribution in [0.25, 0.3) is 0 Å². The highest BCUT2D eigenvalue weighted by Gasteiger charge is 2.23. The lowest BCUT2D eigenvalue weighted by Crippen LogP contribution is -2.47. The third kappa shape index (κ3) is 4.40. The first-order valence-corrected chi connectivity index (χ1v) is 5.55. The van der Waals surface area contributed by atoms with Gasteiger partial charge in [-0.05, 0) is 18.8 Å². The Morgan fingerprint density at radius 1 is 1.21 bits per heavy atom. The molecule has 0 heterocycles. The Hall–Kier alpha value is -0.120. The normalized spacial score (nSPS) is 14.8. The van der Waals surface area contributed by atoms with E-state index in [0.717, 1.165) is 12.8 Å². The van der Waals surface area contributed by atoms with Gasteiger partial charge in [-0.2, -0.15) is 0 Å². The summed E-state index contributed by atoms with van der Waals surface area (Å²) in [7, 11) is 0. The van der Waals surface area contributed by atoms with Crippen LogP contribution in [0.15, 0.2) is 0 Å². The molecule has 0 aromatic rings. The molecule has 0 saturated carbocycles. The van der Waals surface area contributed by atoms with Crippen molar-refractivity contribution in [1.82, 2.24) is 5.32 Å². The number of aliphatic hydroxyl groups excluding tert-OH is 1. The van der Waals surface area contributed by atoms with Gasteiger partial charge >= 0.3 is 0 Å². The fourth-order valence-electron chi connectivity index (χ4n) is 1.33. The molecule has 0 aliphatic carbocycles. The van der Waals surface area contributed by atoms with Crippen molar-refractivity contribution < 1.29 is 10.2 Å². The molecule has 0 saturated heterocycles. The maximum absolute atomic E-state index is 10.0. The summed E-state index contributed by atoms with van der Waals surface area (Å²) in [6.45, 7) is 8.77. The Kier molecular flexibility index (Phi) is 6.33.